The number of rotatable bonds is 9. The van der Waals surface area contributed by atoms with Crippen molar-refractivity contribution in [2.24, 2.45) is 5.92 Å². The molecule has 1 rings (SSSR count). The lowest BCUT2D eigenvalue weighted by molar-refractivity contribution is -0.137. The first-order valence-corrected chi connectivity index (χ1v) is 7.19. The lowest BCUT2D eigenvalue weighted by Gasteiger charge is -2.09. The maximum Gasteiger partial charge on any atom is 0.303 e. The smallest absolute Gasteiger partial charge is 0.303 e. The van der Waals surface area contributed by atoms with Crippen molar-refractivity contribution in [1.29, 1.82) is 0 Å². The fourth-order valence-electron chi connectivity index (χ4n) is 2.48. The predicted molar refractivity (Wildman–Crippen MR) is 70.3 cm³/mol. The van der Waals surface area contributed by atoms with Crippen LogP contribution in [-0.2, 0) is 9.59 Å². The fraction of sp³-hybridized carbons (Fsp3) is 0.857. The van der Waals surface area contributed by atoms with Gasteiger partial charge in [-0.15, -0.1) is 0 Å². The molecule has 2 N–H and O–H groups in total. The third-order valence-corrected chi connectivity index (χ3v) is 3.59. The van der Waals surface area contributed by atoms with Gasteiger partial charge in [0.05, 0.1) is 0 Å². The van der Waals surface area contributed by atoms with Gasteiger partial charge >= 0.3 is 5.97 Å². The van der Waals surface area contributed by atoms with Crippen molar-refractivity contribution in [2.45, 2.75) is 64.2 Å². The van der Waals surface area contributed by atoms with E-state index in [4.69, 9.17) is 5.11 Å². The average molecular weight is 255 g/mol. The van der Waals surface area contributed by atoms with Crippen LogP contribution < -0.4 is 5.32 Å². The quantitative estimate of drug-likeness (QED) is 0.622. The summed E-state index contributed by atoms with van der Waals surface area (Å²) in [7, 11) is 0. The normalized spacial score (nSPS) is 15.8. The van der Waals surface area contributed by atoms with Gasteiger partial charge in [0.25, 0.3) is 0 Å². The molecule has 104 valence electrons. The van der Waals surface area contributed by atoms with E-state index in [1.807, 2.05) is 0 Å². The number of hydrogen-bond acceptors (Lipinski definition) is 2. The molecule has 1 aliphatic carbocycles. The molecule has 1 fully saturated rings. The summed E-state index contributed by atoms with van der Waals surface area (Å²) in [4.78, 5) is 22.0. The van der Waals surface area contributed by atoms with Gasteiger partial charge in [-0.05, 0) is 25.7 Å². The maximum absolute atomic E-state index is 11.7. The van der Waals surface area contributed by atoms with Crippen LogP contribution in [0.3, 0.4) is 0 Å². The SMILES string of the molecule is O=C(O)CCCCCCCNC(=O)C1CCCC1. The molecule has 0 unspecified atom stereocenters. The molecule has 0 saturated heterocycles. The second-order valence-corrected chi connectivity index (χ2v) is 5.18. The number of aliphatic carboxylic acids is 1. The third-order valence-electron chi connectivity index (χ3n) is 3.59. The van der Waals surface area contributed by atoms with Crippen LogP contribution in [0.25, 0.3) is 0 Å². The minimum Gasteiger partial charge on any atom is -0.481 e. The Kier molecular flexibility index (Phi) is 7.46. The fourth-order valence-corrected chi connectivity index (χ4v) is 2.48. The summed E-state index contributed by atoms with van der Waals surface area (Å²) < 4.78 is 0. The van der Waals surface area contributed by atoms with Gasteiger partial charge in [0, 0.05) is 18.9 Å². The molecule has 0 bridgehead atoms. The summed E-state index contributed by atoms with van der Waals surface area (Å²) in [6.45, 7) is 0.772. The van der Waals surface area contributed by atoms with E-state index in [0.717, 1.165) is 51.5 Å². The minimum absolute atomic E-state index is 0.235. The number of carbonyl (C=O) groups excluding carboxylic acids is 1. The molecule has 18 heavy (non-hydrogen) atoms. The van der Waals surface area contributed by atoms with Gasteiger partial charge < -0.3 is 10.4 Å². The van der Waals surface area contributed by atoms with Crippen LogP contribution in [0, 0.1) is 5.92 Å². The van der Waals surface area contributed by atoms with Gasteiger partial charge in [-0.25, -0.2) is 0 Å². The van der Waals surface area contributed by atoms with Gasteiger partial charge in [-0.2, -0.15) is 0 Å². The molecule has 0 aromatic carbocycles. The zero-order valence-corrected chi connectivity index (χ0v) is 11.1. The molecule has 0 aromatic rings. The summed E-state index contributed by atoms with van der Waals surface area (Å²) in [5, 5.41) is 11.5. The number of unbranched alkanes of at least 4 members (excludes halogenated alkanes) is 4. The maximum atomic E-state index is 11.7. The Bertz CT molecular complexity index is 260. The van der Waals surface area contributed by atoms with E-state index < -0.39 is 5.97 Å². The molecular weight excluding hydrogens is 230 g/mol. The summed E-state index contributed by atoms with van der Waals surface area (Å²) in [5.74, 6) is -0.210. The van der Waals surface area contributed by atoms with Crippen molar-refractivity contribution in [3.05, 3.63) is 0 Å². The molecule has 0 heterocycles. The van der Waals surface area contributed by atoms with E-state index in [2.05, 4.69) is 5.32 Å². The van der Waals surface area contributed by atoms with Crippen LogP contribution in [0.5, 0.6) is 0 Å². The molecule has 0 aliphatic heterocycles. The Balaban J connectivity index is 1.86. The standard InChI is InChI=1S/C14H25NO3/c16-13(17)10-4-2-1-3-7-11-15-14(18)12-8-5-6-9-12/h12H,1-11H2,(H,15,18)(H,16,17). The zero-order valence-electron chi connectivity index (χ0n) is 11.1. The van der Waals surface area contributed by atoms with E-state index >= 15 is 0 Å². The number of carboxylic acid groups (broad SMARTS) is 1. The molecule has 4 nitrogen and oxygen atoms in total. The van der Waals surface area contributed by atoms with Crippen LogP contribution in [0.4, 0.5) is 0 Å². The molecule has 0 spiro atoms. The van der Waals surface area contributed by atoms with E-state index in [1.54, 1.807) is 0 Å². The topological polar surface area (TPSA) is 66.4 Å². The Morgan fingerprint density at radius 3 is 2.28 bits per heavy atom. The molecule has 0 aromatic heterocycles. The highest BCUT2D eigenvalue weighted by atomic mass is 16.4. The number of amides is 1. The first-order chi connectivity index (χ1) is 8.70. The first kappa shape index (κ1) is 15.0. The summed E-state index contributed by atoms with van der Waals surface area (Å²) >= 11 is 0. The van der Waals surface area contributed by atoms with Crippen LogP contribution in [-0.4, -0.2) is 23.5 Å². The second-order valence-electron chi connectivity index (χ2n) is 5.18. The Morgan fingerprint density at radius 2 is 1.61 bits per heavy atom. The van der Waals surface area contributed by atoms with E-state index in [9.17, 15) is 9.59 Å². The average Bonchev–Trinajstić information content (AvgIpc) is 2.85. The second kappa shape index (κ2) is 8.95. The van der Waals surface area contributed by atoms with E-state index in [1.165, 1.54) is 12.8 Å². The summed E-state index contributed by atoms with van der Waals surface area (Å²) in [6, 6.07) is 0. The van der Waals surface area contributed by atoms with Gasteiger partial charge in [0.1, 0.15) is 0 Å². The Hall–Kier alpha value is -1.06. The van der Waals surface area contributed by atoms with Crippen LogP contribution in [0.15, 0.2) is 0 Å². The number of carboxylic acids is 1. The van der Waals surface area contributed by atoms with Gasteiger partial charge in [0.2, 0.25) is 5.91 Å². The highest BCUT2D eigenvalue weighted by molar-refractivity contribution is 5.78. The van der Waals surface area contributed by atoms with Gasteiger partial charge in [0.15, 0.2) is 0 Å². The summed E-state index contributed by atoms with van der Waals surface area (Å²) in [5.41, 5.74) is 0. The highest BCUT2D eigenvalue weighted by Crippen LogP contribution is 2.24. The molecule has 1 saturated carbocycles. The van der Waals surface area contributed by atoms with Gasteiger partial charge in [-0.3, -0.25) is 9.59 Å². The van der Waals surface area contributed by atoms with Crippen LogP contribution >= 0.6 is 0 Å². The third kappa shape index (κ3) is 6.62. The van der Waals surface area contributed by atoms with Crippen molar-refractivity contribution in [3.63, 3.8) is 0 Å². The lowest BCUT2D eigenvalue weighted by atomic mass is 10.1. The van der Waals surface area contributed by atoms with E-state index in [0.29, 0.717) is 0 Å². The first-order valence-electron chi connectivity index (χ1n) is 7.19. The largest absolute Gasteiger partial charge is 0.481 e. The van der Waals surface area contributed by atoms with E-state index in [-0.39, 0.29) is 18.2 Å². The molecule has 1 aliphatic rings. The van der Waals surface area contributed by atoms with Crippen molar-refractivity contribution >= 4 is 11.9 Å². The molecule has 1 amide bonds. The molecule has 4 heteroatoms. The van der Waals surface area contributed by atoms with Crippen LogP contribution in [0.1, 0.15) is 64.2 Å². The van der Waals surface area contributed by atoms with Crippen molar-refractivity contribution in [1.82, 2.24) is 5.32 Å². The van der Waals surface area contributed by atoms with Crippen molar-refractivity contribution in [3.8, 4) is 0 Å². The molecule has 0 radical (unpaired) electrons. The molecule has 0 atom stereocenters. The highest BCUT2D eigenvalue weighted by Gasteiger charge is 2.21. The summed E-state index contributed by atoms with van der Waals surface area (Å²) in [6.07, 6.45) is 9.67. The Labute approximate surface area is 109 Å². The lowest BCUT2D eigenvalue weighted by Crippen LogP contribution is -2.30. The number of hydrogen-bond donors (Lipinski definition) is 2. The zero-order chi connectivity index (χ0) is 13.2. The van der Waals surface area contributed by atoms with Crippen molar-refractivity contribution < 1.29 is 14.7 Å². The number of carbonyl (C=O) groups is 2. The van der Waals surface area contributed by atoms with Crippen LogP contribution in [0.2, 0.25) is 0 Å². The minimum atomic E-state index is -0.709. The Morgan fingerprint density at radius 1 is 1.00 bits per heavy atom. The monoisotopic (exact) mass is 255 g/mol. The van der Waals surface area contributed by atoms with Gasteiger partial charge in [-0.1, -0.05) is 32.1 Å². The molecular formula is C14H25NO3. The van der Waals surface area contributed by atoms with Crippen molar-refractivity contribution in [2.75, 3.05) is 6.54 Å². The number of nitrogens with one attached hydrogen (secondary N) is 1. The predicted octanol–water partition coefficient (Wildman–Crippen LogP) is 2.72.